The number of fused-ring (bicyclic) bond motifs is 1. The molecule has 1 aromatic carbocycles. The monoisotopic (exact) mass is 340 g/mol. The second kappa shape index (κ2) is 7.45. The molecular formula is C19H20N2O2S. The molecule has 0 bridgehead atoms. The zero-order valence-corrected chi connectivity index (χ0v) is 14.4. The molecule has 1 aliphatic rings. The fourth-order valence-electron chi connectivity index (χ4n) is 2.78. The Bertz CT molecular complexity index is 765. The average Bonchev–Trinajstić information content (AvgIpc) is 3.02. The van der Waals surface area contributed by atoms with Crippen molar-refractivity contribution in [3.05, 3.63) is 63.4 Å². The largest absolute Gasteiger partial charge is 0.279 e. The van der Waals surface area contributed by atoms with Crippen molar-refractivity contribution in [1.29, 1.82) is 0 Å². The Morgan fingerprint density at radius 2 is 2.00 bits per heavy atom. The van der Waals surface area contributed by atoms with E-state index in [-0.39, 0.29) is 11.8 Å². The minimum Gasteiger partial charge on any atom is -0.268 e. The number of benzene rings is 1. The van der Waals surface area contributed by atoms with Gasteiger partial charge in [-0.2, -0.15) is 0 Å². The van der Waals surface area contributed by atoms with E-state index in [0.29, 0.717) is 10.8 Å². The number of thiophene rings is 1. The zero-order chi connectivity index (χ0) is 16.9. The lowest BCUT2D eigenvalue weighted by molar-refractivity contribution is -0.117. The molecule has 0 fully saturated rings. The highest BCUT2D eigenvalue weighted by Gasteiger charge is 2.20. The molecule has 4 nitrogen and oxygen atoms in total. The van der Waals surface area contributed by atoms with Gasteiger partial charge in [0.05, 0.1) is 4.88 Å². The SMILES string of the molecule is C[C@H]1CCc2sc(C(=O)NNC(=O)/C=C/c3ccccc3)cc2C1. The molecule has 1 aliphatic carbocycles. The van der Waals surface area contributed by atoms with Crippen molar-refractivity contribution in [3.63, 3.8) is 0 Å². The molecule has 5 heteroatoms. The molecule has 2 aromatic rings. The summed E-state index contributed by atoms with van der Waals surface area (Å²) in [6, 6.07) is 11.5. The molecule has 1 aromatic heterocycles. The first-order valence-corrected chi connectivity index (χ1v) is 8.88. The maximum atomic E-state index is 12.2. The van der Waals surface area contributed by atoms with Crippen LogP contribution < -0.4 is 10.9 Å². The van der Waals surface area contributed by atoms with Gasteiger partial charge in [-0.1, -0.05) is 37.3 Å². The van der Waals surface area contributed by atoms with Crippen LogP contribution in [0, 0.1) is 5.92 Å². The summed E-state index contributed by atoms with van der Waals surface area (Å²) in [5, 5.41) is 0. The number of carbonyl (C=O) groups excluding carboxylic acids is 2. The predicted octanol–water partition coefficient (Wildman–Crippen LogP) is 3.35. The van der Waals surface area contributed by atoms with E-state index in [0.717, 1.165) is 18.4 Å². The minimum atomic E-state index is -0.359. The van der Waals surface area contributed by atoms with Gasteiger partial charge in [0.2, 0.25) is 0 Å². The lowest BCUT2D eigenvalue weighted by Crippen LogP contribution is -2.40. The number of nitrogens with one attached hydrogen (secondary N) is 2. The number of carbonyl (C=O) groups is 2. The number of rotatable bonds is 3. The van der Waals surface area contributed by atoms with Gasteiger partial charge in [-0.05, 0) is 48.4 Å². The van der Waals surface area contributed by atoms with E-state index in [1.807, 2.05) is 36.4 Å². The van der Waals surface area contributed by atoms with E-state index in [1.165, 1.54) is 34.3 Å². The van der Waals surface area contributed by atoms with Gasteiger partial charge in [-0.3, -0.25) is 20.4 Å². The topological polar surface area (TPSA) is 58.2 Å². The molecule has 0 saturated carbocycles. The average molecular weight is 340 g/mol. The molecule has 2 amide bonds. The second-order valence-corrected chi connectivity index (χ2v) is 7.23. The fraction of sp³-hybridized carbons (Fsp3) is 0.263. The van der Waals surface area contributed by atoms with Crippen LogP contribution in [0.25, 0.3) is 6.08 Å². The molecule has 1 heterocycles. The van der Waals surface area contributed by atoms with Crippen molar-refractivity contribution in [1.82, 2.24) is 10.9 Å². The van der Waals surface area contributed by atoms with E-state index in [4.69, 9.17) is 0 Å². The van der Waals surface area contributed by atoms with Crippen LogP contribution in [0.4, 0.5) is 0 Å². The summed E-state index contributed by atoms with van der Waals surface area (Å²) in [4.78, 5) is 25.9. The molecule has 0 aliphatic heterocycles. The highest BCUT2D eigenvalue weighted by Crippen LogP contribution is 2.32. The van der Waals surface area contributed by atoms with Crippen molar-refractivity contribution in [2.24, 2.45) is 5.92 Å². The summed E-state index contributed by atoms with van der Waals surface area (Å²) in [7, 11) is 0. The summed E-state index contributed by atoms with van der Waals surface area (Å²) < 4.78 is 0. The molecule has 0 saturated heterocycles. The summed E-state index contributed by atoms with van der Waals surface area (Å²) in [5.41, 5.74) is 7.10. The third-order valence-electron chi connectivity index (χ3n) is 4.08. The van der Waals surface area contributed by atoms with Gasteiger partial charge in [0.1, 0.15) is 0 Å². The summed E-state index contributed by atoms with van der Waals surface area (Å²) in [6.45, 7) is 2.24. The highest BCUT2D eigenvalue weighted by molar-refractivity contribution is 7.14. The Morgan fingerprint density at radius 1 is 1.21 bits per heavy atom. The molecule has 3 rings (SSSR count). The highest BCUT2D eigenvalue weighted by atomic mass is 32.1. The van der Waals surface area contributed by atoms with Gasteiger partial charge in [0.25, 0.3) is 11.8 Å². The van der Waals surface area contributed by atoms with Gasteiger partial charge < -0.3 is 0 Å². The van der Waals surface area contributed by atoms with Gasteiger partial charge in [0.15, 0.2) is 0 Å². The summed E-state index contributed by atoms with van der Waals surface area (Å²) >= 11 is 1.53. The van der Waals surface area contributed by atoms with Crippen LogP contribution >= 0.6 is 11.3 Å². The van der Waals surface area contributed by atoms with E-state index in [9.17, 15) is 9.59 Å². The first kappa shape index (κ1) is 16.5. The van der Waals surface area contributed by atoms with Crippen molar-refractivity contribution < 1.29 is 9.59 Å². The van der Waals surface area contributed by atoms with Crippen LogP contribution in [0.1, 0.15) is 39.0 Å². The Hall–Kier alpha value is -2.40. The van der Waals surface area contributed by atoms with Gasteiger partial charge >= 0.3 is 0 Å². The molecule has 1 atom stereocenters. The number of amides is 2. The van der Waals surface area contributed by atoms with E-state index < -0.39 is 0 Å². The third-order valence-corrected chi connectivity index (χ3v) is 5.31. The summed E-state index contributed by atoms with van der Waals surface area (Å²) in [5.74, 6) is 0.0523. The van der Waals surface area contributed by atoms with Gasteiger partial charge in [0, 0.05) is 11.0 Å². The summed E-state index contributed by atoms with van der Waals surface area (Å²) in [6.07, 6.45) is 6.35. The molecule has 0 radical (unpaired) electrons. The van der Waals surface area contributed by atoms with E-state index >= 15 is 0 Å². The lowest BCUT2D eigenvalue weighted by Gasteiger charge is -2.16. The minimum absolute atomic E-state index is 0.261. The standard InChI is InChI=1S/C19H20N2O2S/c1-13-7-9-16-15(11-13)12-17(24-16)19(23)21-20-18(22)10-8-14-5-3-2-4-6-14/h2-6,8,10,12-13H,7,9,11H2,1H3,(H,20,22)(H,21,23)/b10-8+/t13-/m0/s1. The second-order valence-electron chi connectivity index (χ2n) is 6.09. The first-order chi connectivity index (χ1) is 11.6. The van der Waals surface area contributed by atoms with Crippen LogP contribution in [0.15, 0.2) is 42.5 Å². The zero-order valence-electron chi connectivity index (χ0n) is 13.5. The fourth-order valence-corrected chi connectivity index (χ4v) is 3.88. The number of hydrogen-bond donors (Lipinski definition) is 2. The van der Waals surface area contributed by atoms with Gasteiger partial charge in [-0.15, -0.1) is 11.3 Å². The molecule has 0 spiro atoms. The Kier molecular flexibility index (Phi) is 5.11. The third kappa shape index (κ3) is 4.11. The van der Waals surface area contributed by atoms with Crippen molar-refractivity contribution in [2.45, 2.75) is 26.2 Å². The number of aryl methyl sites for hydroxylation is 1. The normalized spacial score (nSPS) is 16.6. The molecular weight excluding hydrogens is 320 g/mol. The lowest BCUT2D eigenvalue weighted by atomic mass is 9.90. The van der Waals surface area contributed by atoms with Crippen LogP contribution in [0.5, 0.6) is 0 Å². The first-order valence-electron chi connectivity index (χ1n) is 8.07. The van der Waals surface area contributed by atoms with E-state index in [2.05, 4.69) is 17.8 Å². The molecule has 2 N–H and O–H groups in total. The van der Waals surface area contributed by atoms with E-state index in [1.54, 1.807) is 6.08 Å². The van der Waals surface area contributed by atoms with Crippen LogP contribution in [0.3, 0.4) is 0 Å². The van der Waals surface area contributed by atoms with Crippen LogP contribution in [0.2, 0.25) is 0 Å². The Morgan fingerprint density at radius 3 is 2.79 bits per heavy atom. The van der Waals surface area contributed by atoms with Crippen LogP contribution in [-0.4, -0.2) is 11.8 Å². The van der Waals surface area contributed by atoms with Crippen molar-refractivity contribution in [3.8, 4) is 0 Å². The molecule has 124 valence electrons. The quantitative estimate of drug-likeness (QED) is 0.665. The Labute approximate surface area is 145 Å². The number of hydrogen-bond acceptors (Lipinski definition) is 3. The Balaban J connectivity index is 1.54. The predicted molar refractivity (Wildman–Crippen MR) is 96.6 cm³/mol. The van der Waals surface area contributed by atoms with Crippen molar-refractivity contribution in [2.75, 3.05) is 0 Å². The van der Waals surface area contributed by atoms with Crippen molar-refractivity contribution >= 4 is 29.2 Å². The maximum Gasteiger partial charge on any atom is 0.279 e. The van der Waals surface area contributed by atoms with Gasteiger partial charge in [-0.25, -0.2) is 0 Å². The maximum absolute atomic E-state index is 12.2. The molecule has 0 unspecified atom stereocenters. The smallest absolute Gasteiger partial charge is 0.268 e. The molecule has 24 heavy (non-hydrogen) atoms. The van der Waals surface area contributed by atoms with Crippen LogP contribution in [-0.2, 0) is 17.6 Å². The number of hydrazine groups is 1.